The molecule has 0 heterocycles. The molecule has 0 saturated carbocycles. The van der Waals surface area contributed by atoms with Crippen molar-refractivity contribution >= 4 is 0 Å². The van der Waals surface area contributed by atoms with Crippen LogP contribution >= 0.6 is 0 Å². The van der Waals surface area contributed by atoms with Crippen LogP contribution in [0.1, 0.15) is 11.1 Å². The third-order valence-corrected chi connectivity index (χ3v) is 1.92. The summed E-state index contributed by atoms with van der Waals surface area (Å²) in [4.78, 5) is 0. The second-order valence-electron chi connectivity index (χ2n) is 3.10. The van der Waals surface area contributed by atoms with E-state index in [1.165, 1.54) is 0 Å². The lowest BCUT2D eigenvalue weighted by atomic mass is 10.0. The highest BCUT2D eigenvalue weighted by Crippen LogP contribution is 2.35. The summed E-state index contributed by atoms with van der Waals surface area (Å²) in [5.41, 5.74) is 1.99. The Morgan fingerprint density at radius 1 is 1.00 bits per heavy atom. The summed E-state index contributed by atoms with van der Waals surface area (Å²) < 4.78 is 74.9. The molecule has 7 heteroatoms. The van der Waals surface area contributed by atoms with Crippen molar-refractivity contribution in [2.45, 2.75) is 18.4 Å². The zero-order chi connectivity index (χ0) is 12.6. The molecule has 90 valence electrons. The molecule has 0 aliphatic rings. The molecular formula is C9H7F6N. The Bertz CT molecular complexity index is 371. The van der Waals surface area contributed by atoms with Gasteiger partial charge in [0.05, 0.1) is 5.56 Å². The van der Waals surface area contributed by atoms with Gasteiger partial charge in [-0.3, -0.25) is 5.73 Å². The Morgan fingerprint density at radius 2 is 1.50 bits per heavy atom. The van der Waals surface area contributed by atoms with E-state index >= 15 is 0 Å². The molecule has 1 atom stereocenters. The van der Waals surface area contributed by atoms with E-state index < -0.39 is 29.5 Å². The SMILES string of the molecule is NC(F)C(F)(F)c1cccc(C(F)(F)F)c1. The van der Waals surface area contributed by atoms with Crippen LogP contribution in [0.5, 0.6) is 0 Å². The van der Waals surface area contributed by atoms with E-state index in [1.807, 2.05) is 0 Å². The summed E-state index contributed by atoms with van der Waals surface area (Å²) >= 11 is 0. The number of halogens is 6. The third-order valence-electron chi connectivity index (χ3n) is 1.92. The van der Waals surface area contributed by atoms with Crippen molar-refractivity contribution in [2.75, 3.05) is 0 Å². The number of hydrogen-bond acceptors (Lipinski definition) is 1. The van der Waals surface area contributed by atoms with Gasteiger partial charge >= 0.3 is 12.1 Å². The topological polar surface area (TPSA) is 26.0 Å². The van der Waals surface area contributed by atoms with Crippen molar-refractivity contribution in [2.24, 2.45) is 5.73 Å². The summed E-state index contributed by atoms with van der Waals surface area (Å²) in [7, 11) is 0. The Hall–Kier alpha value is -1.24. The summed E-state index contributed by atoms with van der Waals surface area (Å²) in [5.74, 6) is -4.14. The maximum atomic E-state index is 13.0. The summed E-state index contributed by atoms with van der Waals surface area (Å²) in [5, 5.41) is 0. The Kier molecular flexibility index (Phi) is 3.18. The van der Waals surface area contributed by atoms with Crippen molar-refractivity contribution in [3.05, 3.63) is 35.4 Å². The average molecular weight is 243 g/mol. The average Bonchev–Trinajstić information content (AvgIpc) is 2.16. The van der Waals surface area contributed by atoms with Crippen LogP contribution in [0.4, 0.5) is 26.3 Å². The molecule has 0 amide bonds. The van der Waals surface area contributed by atoms with Gasteiger partial charge in [-0.15, -0.1) is 0 Å². The molecule has 0 spiro atoms. The van der Waals surface area contributed by atoms with E-state index in [2.05, 4.69) is 5.73 Å². The van der Waals surface area contributed by atoms with Crippen molar-refractivity contribution in [1.82, 2.24) is 0 Å². The molecule has 1 aromatic carbocycles. The first-order valence-corrected chi connectivity index (χ1v) is 4.11. The zero-order valence-corrected chi connectivity index (χ0v) is 7.73. The number of hydrogen-bond donors (Lipinski definition) is 1. The molecule has 0 aliphatic heterocycles. The zero-order valence-electron chi connectivity index (χ0n) is 7.73. The summed E-state index contributed by atoms with van der Waals surface area (Å²) in [6, 6.07) is 2.26. The fourth-order valence-corrected chi connectivity index (χ4v) is 1.06. The highest BCUT2D eigenvalue weighted by Gasteiger charge is 2.41. The van der Waals surface area contributed by atoms with Gasteiger partial charge in [0.25, 0.3) is 0 Å². The first-order valence-electron chi connectivity index (χ1n) is 4.11. The molecule has 0 aliphatic carbocycles. The second kappa shape index (κ2) is 3.97. The smallest absolute Gasteiger partial charge is 0.296 e. The standard InChI is InChI=1S/C9H7F6N/c10-7(16)8(11,12)5-2-1-3-6(4-5)9(13,14)15/h1-4,7H,16H2. The van der Waals surface area contributed by atoms with E-state index in [0.717, 1.165) is 6.07 Å². The van der Waals surface area contributed by atoms with Crippen molar-refractivity contribution in [3.63, 3.8) is 0 Å². The van der Waals surface area contributed by atoms with Crippen LogP contribution in [0.15, 0.2) is 24.3 Å². The van der Waals surface area contributed by atoms with Crippen LogP contribution in [-0.2, 0) is 12.1 Å². The highest BCUT2D eigenvalue weighted by molar-refractivity contribution is 5.29. The molecule has 0 saturated heterocycles. The Balaban J connectivity index is 3.18. The highest BCUT2D eigenvalue weighted by atomic mass is 19.4. The molecular weight excluding hydrogens is 236 g/mol. The van der Waals surface area contributed by atoms with Crippen LogP contribution in [-0.4, -0.2) is 6.30 Å². The number of alkyl halides is 6. The number of benzene rings is 1. The van der Waals surface area contributed by atoms with Crippen LogP contribution in [0.3, 0.4) is 0 Å². The number of nitrogens with two attached hydrogens (primary N) is 1. The molecule has 0 radical (unpaired) electrons. The molecule has 1 nitrogen and oxygen atoms in total. The predicted octanol–water partition coefficient (Wildman–Crippen LogP) is 3.05. The van der Waals surface area contributed by atoms with E-state index in [1.54, 1.807) is 0 Å². The monoisotopic (exact) mass is 243 g/mol. The maximum Gasteiger partial charge on any atom is 0.416 e. The predicted molar refractivity (Wildman–Crippen MR) is 44.4 cm³/mol. The maximum absolute atomic E-state index is 13.0. The van der Waals surface area contributed by atoms with E-state index in [9.17, 15) is 26.3 Å². The van der Waals surface area contributed by atoms with Gasteiger partial charge in [-0.25, -0.2) is 4.39 Å². The minimum atomic E-state index is -4.76. The van der Waals surface area contributed by atoms with Crippen LogP contribution in [0, 0.1) is 0 Å². The van der Waals surface area contributed by atoms with Crippen LogP contribution in [0.25, 0.3) is 0 Å². The fraction of sp³-hybridized carbons (Fsp3) is 0.333. The van der Waals surface area contributed by atoms with Gasteiger partial charge < -0.3 is 0 Å². The lowest BCUT2D eigenvalue weighted by Gasteiger charge is -2.18. The van der Waals surface area contributed by atoms with Crippen molar-refractivity contribution in [1.29, 1.82) is 0 Å². The first kappa shape index (κ1) is 12.8. The van der Waals surface area contributed by atoms with Crippen LogP contribution in [0.2, 0.25) is 0 Å². The molecule has 1 rings (SSSR count). The molecule has 0 bridgehead atoms. The van der Waals surface area contributed by atoms with Gasteiger partial charge in [0.1, 0.15) is 0 Å². The quantitative estimate of drug-likeness (QED) is 0.627. The molecule has 1 unspecified atom stereocenters. The molecule has 0 aromatic heterocycles. The van der Waals surface area contributed by atoms with E-state index in [4.69, 9.17) is 0 Å². The minimum Gasteiger partial charge on any atom is -0.296 e. The molecule has 2 N–H and O–H groups in total. The molecule has 1 aromatic rings. The summed E-state index contributed by atoms with van der Waals surface area (Å²) in [6.45, 7) is 0. The largest absolute Gasteiger partial charge is 0.416 e. The Labute approximate surface area is 86.9 Å². The van der Waals surface area contributed by atoms with Gasteiger partial charge in [-0.1, -0.05) is 12.1 Å². The minimum absolute atomic E-state index is 0.180. The van der Waals surface area contributed by atoms with Gasteiger partial charge in [-0.05, 0) is 12.1 Å². The fourth-order valence-electron chi connectivity index (χ4n) is 1.06. The Morgan fingerprint density at radius 3 is 1.94 bits per heavy atom. The summed E-state index contributed by atoms with van der Waals surface area (Å²) in [6.07, 6.45) is -7.80. The first-order chi connectivity index (χ1) is 7.15. The van der Waals surface area contributed by atoms with Crippen molar-refractivity contribution < 1.29 is 26.3 Å². The van der Waals surface area contributed by atoms with Gasteiger partial charge in [-0.2, -0.15) is 22.0 Å². The normalized spacial score (nSPS) is 14.9. The van der Waals surface area contributed by atoms with Gasteiger partial charge in [0, 0.05) is 5.56 Å². The number of rotatable bonds is 2. The van der Waals surface area contributed by atoms with E-state index in [-0.39, 0.29) is 6.07 Å². The van der Waals surface area contributed by atoms with Crippen LogP contribution < -0.4 is 5.73 Å². The molecule has 16 heavy (non-hydrogen) atoms. The lowest BCUT2D eigenvalue weighted by Crippen LogP contribution is -2.34. The molecule has 0 fully saturated rings. The lowest BCUT2D eigenvalue weighted by molar-refractivity contribution is -0.138. The third kappa shape index (κ3) is 2.46. The van der Waals surface area contributed by atoms with Gasteiger partial charge in [0.15, 0.2) is 0 Å². The second-order valence-corrected chi connectivity index (χ2v) is 3.10. The van der Waals surface area contributed by atoms with Crippen molar-refractivity contribution in [3.8, 4) is 0 Å². The van der Waals surface area contributed by atoms with E-state index in [0.29, 0.717) is 12.1 Å². The van der Waals surface area contributed by atoms with Gasteiger partial charge in [0.2, 0.25) is 6.30 Å².